The Hall–Kier alpha value is -0.670. The van der Waals surface area contributed by atoms with Crippen LogP contribution in [0.4, 0.5) is 0 Å². The van der Waals surface area contributed by atoms with Gasteiger partial charge in [0, 0.05) is 45.8 Å². The molecule has 0 aromatic carbocycles. The fraction of sp³-hybridized carbons (Fsp3) is 0.889. The number of hydrogen-bond donors (Lipinski definition) is 2. The van der Waals surface area contributed by atoms with Crippen molar-refractivity contribution in [3.8, 4) is 6.07 Å². The maximum Gasteiger partial charge on any atom is 0.124 e. The van der Waals surface area contributed by atoms with Crippen LogP contribution in [0.2, 0.25) is 0 Å². The van der Waals surface area contributed by atoms with Gasteiger partial charge < -0.3 is 10.6 Å². The highest BCUT2D eigenvalue weighted by molar-refractivity contribution is 4.95. The predicted octanol–water partition coefficient (Wildman–Crippen LogP) is -1.40. The summed E-state index contributed by atoms with van der Waals surface area (Å²) in [6, 6.07) is 2.37. The molecule has 1 atom stereocenters. The van der Waals surface area contributed by atoms with Crippen molar-refractivity contribution >= 4 is 0 Å². The molecule has 2 heterocycles. The third kappa shape index (κ3) is 2.04. The zero-order valence-electron chi connectivity index (χ0n) is 8.37. The topological polar surface area (TPSA) is 54.3 Å². The lowest BCUT2D eigenvalue weighted by Crippen LogP contribution is -2.61. The Balaban J connectivity index is 1.95. The Kier molecular flexibility index (Phi) is 3.32. The first-order chi connectivity index (χ1) is 6.92. The lowest BCUT2D eigenvalue weighted by Gasteiger charge is -2.42. The normalized spacial score (nSPS) is 31.2. The van der Waals surface area contributed by atoms with Gasteiger partial charge in [0.1, 0.15) is 6.04 Å². The van der Waals surface area contributed by atoms with E-state index in [4.69, 9.17) is 5.26 Å². The molecule has 2 N–H and O–H groups in total. The van der Waals surface area contributed by atoms with Crippen LogP contribution in [-0.2, 0) is 0 Å². The van der Waals surface area contributed by atoms with E-state index in [1.54, 1.807) is 0 Å². The van der Waals surface area contributed by atoms with Gasteiger partial charge in [-0.25, -0.2) is 10.0 Å². The van der Waals surface area contributed by atoms with Gasteiger partial charge in [-0.3, -0.25) is 0 Å². The van der Waals surface area contributed by atoms with Crippen molar-refractivity contribution < 1.29 is 0 Å². The van der Waals surface area contributed by atoms with E-state index in [2.05, 4.69) is 26.7 Å². The van der Waals surface area contributed by atoms with Crippen LogP contribution in [0.1, 0.15) is 0 Å². The smallest absolute Gasteiger partial charge is 0.124 e. The van der Waals surface area contributed by atoms with Crippen molar-refractivity contribution in [1.29, 1.82) is 5.26 Å². The first-order valence-electron chi connectivity index (χ1n) is 5.24. The van der Waals surface area contributed by atoms with Gasteiger partial charge in [-0.15, -0.1) is 0 Å². The van der Waals surface area contributed by atoms with E-state index in [1.807, 2.05) is 0 Å². The molecule has 0 radical (unpaired) electrons. The van der Waals surface area contributed by atoms with E-state index in [1.165, 1.54) is 0 Å². The van der Waals surface area contributed by atoms with Crippen LogP contribution in [0, 0.1) is 11.3 Å². The van der Waals surface area contributed by atoms with E-state index in [0.717, 1.165) is 45.8 Å². The minimum absolute atomic E-state index is 0.0156. The van der Waals surface area contributed by atoms with Crippen LogP contribution in [0.15, 0.2) is 0 Å². The summed E-state index contributed by atoms with van der Waals surface area (Å²) in [6.45, 7) is 6.85. The van der Waals surface area contributed by atoms with Crippen molar-refractivity contribution in [2.75, 3.05) is 45.8 Å². The van der Waals surface area contributed by atoms with E-state index in [0.29, 0.717) is 0 Å². The van der Waals surface area contributed by atoms with E-state index < -0.39 is 0 Å². The van der Waals surface area contributed by atoms with Gasteiger partial charge >= 0.3 is 0 Å². The molecule has 2 aliphatic heterocycles. The molecule has 0 saturated carbocycles. The molecule has 0 amide bonds. The van der Waals surface area contributed by atoms with E-state index in [9.17, 15) is 0 Å². The highest BCUT2D eigenvalue weighted by Crippen LogP contribution is 2.07. The van der Waals surface area contributed by atoms with Gasteiger partial charge in [0.25, 0.3) is 0 Å². The molecule has 2 aliphatic rings. The number of hydrogen-bond acceptors (Lipinski definition) is 5. The summed E-state index contributed by atoms with van der Waals surface area (Å²) in [6.07, 6.45) is 0. The Morgan fingerprint density at radius 2 is 1.79 bits per heavy atom. The second-order valence-electron chi connectivity index (χ2n) is 3.72. The number of nitrogens with one attached hydrogen (secondary N) is 2. The summed E-state index contributed by atoms with van der Waals surface area (Å²) < 4.78 is 0. The highest BCUT2D eigenvalue weighted by atomic mass is 15.6. The van der Waals surface area contributed by atoms with Crippen molar-refractivity contribution in [3.05, 3.63) is 0 Å². The highest BCUT2D eigenvalue weighted by Gasteiger charge is 2.27. The largest absolute Gasteiger partial charge is 0.314 e. The maximum atomic E-state index is 9.02. The summed E-state index contributed by atoms with van der Waals surface area (Å²) in [5, 5.41) is 20.1. The first kappa shape index (κ1) is 9.87. The van der Waals surface area contributed by atoms with E-state index >= 15 is 0 Å². The Morgan fingerprint density at radius 3 is 2.50 bits per heavy atom. The second kappa shape index (κ2) is 4.71. The minimum atomic E-state index is 0.0156. The van der Waals surface area contributed by atoms with Crippen LogP contribution in [0.3, 0.4) is 0 Å². The van der Waals surface area contributed by atoms with Crippen LogP contribution >= 0.6 is 0 Å². The first-order valence-corrected chi connectivity index (χ1v) is 5.24. The number of piperazine rings is 2. The monoisotopic (exact) mass is 195 g/mol. The fourth-order valence-corrected chi connectivity index (χ4v) is 2.05. The van der Waals surface area contributed by atoms with Gasteiger partial charge in [0.2, 0.25) is 0 Å². The molecule has 2 rings (SSSR count). The van der Waals surface area contributed by atoms with Crippen LogP contribution in [0.5, 0.6) is 0 Å². The summed E-state index contributed by atoms with van der Waals surface area (Å²) in [5.41, 5.74) is 0. The minimum Gasteiger partial charge on any atom is -0.314 e. The molecule has 0 aromatic rings. The van der Waals surface area contributed by atoms with Gasteiger partial charge in [-0.2, -0.15) is 5.26 Å². The summed E-state index contributed by atoms with van der Waals surface area (Å²) >= 11 is 0. The van der Waals surface area contributed by atoms with Crippen molar-refractivity contribution in [3.63, 3.8) is 0 Å². The van der Waals surface area contributed by atoms with Gasteiger partial charge in [-0.1, -0.05) is 0 Å². The molecule has 1 unspecified atom stereocenters. The Bertz CT molecular complexity index is 218. The summed E-state index contributed by atoms with van der Waals surface area (Å²) in [4.78, 5) is 0. The Labute approximate surface area is 84.6 Å². The van der Waals surface area contributed by atoms with Crippen LogP contribution in [0.25, 0.3) is 0 Å². The maximum absolute atomic E-state index is 9.02. The average Bonchev–Trinajstić information content (AvgIpc) is 2.30. The summed E-state index contributed by atoms with van der Waals surface area (Å²) in [7, 11) is 0. The van der Waals surface area contributed by atoms with E-state index in [-0.39, 0.29) is 6.04 Å². The number of nitrogens with zero attached hydrogens (tertiary/aromatic N) is 3. The third-order valence-electron chi connectivity index (χ3n) is 2.82. The summed E-state index contributed by atoms with van der Waals surface area (Å²) in [5.74, 6) is 0. The van der Waals surface area contributed by atoms with Crippen molar-refractivity contribution in [2.45, 2.75) is 6.04 Å². The van der Waals surface area contributed by atoms with Gasteiger partial charge in [0.15, 0.2) is 0 Å². The number of nitriles is 1. The number of hydrazine groups is 1. The molecule has 5 nitrogen and oxygen atoms in total. The quantitative estimate of drug-likeness (QED) is 0.539. The molecule has 0 spiro atoms. The number of rotatable bonds is 1. The molecule has 0 aliphatic carbocycles. The van der Waals surface area contributed by atoms with Crippen LogP contribution < -0.4 is 10.6 Å². The van der Waals surface area contributed by atoms with Crippen LogP contribution in [-0.4, -0.2) is 61.9 Å². The zero-order chi connectivity index (χ0) is 9.80. The van der Waals surface area contributed by atoms with Gasteiger partial charge in [0.05, 0.1) is 6.07 Å². The molecule has 14 heavy (non-hydrogen) atoms. The molecule has 2 saturated heterocycles. The molecule has 2 fully saturated rings. The standard InChI is InChI=1S/C9H17N5/c10-7-9-8-12-3-6-14(9)13-4-1-11-2-5-13/h9,11-12H,1-6,8H2. The molecule has 0 bridgehead atoms. The van der Waals surface area contributed by atoms with Crippen molar-refractivity contribution in [1.82, 2.24) is 20.7 Å². The molecule has 78 valence electrons. The average molecular weight is 195 g/mol. The third-order valence-corrected chi connectivity index (χ3v) is 2.82. The molecule has 0 aromatic heterocycles. The zero-order valence-corrected chi connectivity index (χ0v) is 8.37. The molecule has 5 heteroatoms. The Morgan fingerprint density at radius 1 is 1.07 bits per heavy atom. The molecular weight excluding hydrogens is 178 g/mol. The second-order valence-corrected chi connectivity index (χ2v) is 3.72. The lowest BCUT2D eigenvalue weighted by molar-refractivity contribution is -0.0623. The SMILES string of the molecule is N#CC1CNCCN1N1CCNCC1. The van der Waals surface area contributed by atoms with Gasteiger partial charge in [-0.05, 0) is 0 Å². The predicted molar refractivity (Wildman–Crippen MR) is 53.4 cm³/mol. The fourth-order valence-electron chi connectivity index (χ4n) is 2.05. The molecular formula is C9H17N5. The lowest BCUT2D eigenvalue weighted by atomic mass is 10.2. The van der Waals surface area contributed by atoms with Crippen molar-refractivity contribution in [2.24, 2.45) is 0 Å².